The summed E-state index contributed by atoms with van der Waals surface area (Å²) in [6.45, 7) is 1.29. The minimum atomic E-state index is -1.58. The van der Waals surface area contributed by atoms with Gasteiger partial charge >= 0.3 is 0 Å². The molecule has 0 radical (unpaired) electrons. The molecule has 2 saturated heterocycles. The van der Waals surface area contributed by atoms with Gasteiger partial charge in [0.25, 0.3) is 0 Å². The minimum absolute atomic E-state index is 0.261. The Hall–Kier alpha value is -0.690. The Bertz CT molecular complexity index is 579. The van der Waals surface area contributed by atoms with Crippen LogP contribution in [0.15, 0.2) is 0 Å². The third-order valence-electron chi connectivity index (χ3n) is 6.94. The first-order valence-corrected chi connectivity index (χ1v) is 12.9. The number of hydrogen-bond donors (Lipinski definition) is 7. The van der Waals surface area contributed by atoms with Gasteiger partial charge in [-0.1, -0.05) is 45.4 Å². The summed E-state index contributed by atoms with van der Waals surface area (Å²) >= 11 is 0. The van der Waals surface area contributed by atoms with Crippen LogP contribution in [0.4, 0.5) is 0 Å². The second-order valence-corrected chi connectivity index (χ2v) is 9.65. The first kappa shape index (κ1) is 29.5. The van der Waals surface area contributed by atoms with Crippen molar-refractivity contribution in [3.63, 3.8) is 0 Å². The van der Waals surface area contributed by atoms with Gasteiger partial charge < -0.3 is 45.4 Å². The highest BCUT2D eigenvalue weighted by atomic mass is 16.7. The Balaban J connectivity index is 1.79. The number of rotatable bonds is 16. The van der Waals surface area contributed by atoms with Crippen molar-refractivity contribution in [3.05, 3.63) is 0 Å². The number of nitrogens with one attached hydrogen (secondary N) is 1. The van der Waals surface area contributed by atoms with Gasteiger partial charge in [0.1, 0.15) is 36.3 Å². The van der Waals surface area contributed by atoms with E-state index >= 15 is 0 Å². The van der Waals surface area contributed by atoms with Gasteiger partial charge in [-0.2, -0.15) is 0 Å². The van der Waals surface area contributed by atoms with Gasteiger partial charge in [0, 0.05) is 18.9 Å². The standard InChI is InChI=1S/C24H45NO9/c1-2-3-4-5-6-7-10-15(28)11-8-9-12-16-23(19(29)17(13-26)25-16)34-24-22(32)21(31)20(30)18(14-27)33-24/h16-27,29-32H,2-14H2,1H3/t16-,17-,18?,19+,20?,21?,22?,23-,24?/m1/s1. The molecule has 2 heterocycles. The van der Waals surface area contributed by atoms with E-state index in [4.69, 9.17) is 9.47 Å². The Morgan fingerprint density at radius 3 is 2.09 bits per heavy atom. The van der Waals surface area contributed by atoms with Crippen LogP contribution in [0.25, 0.3) is 0 Å². The fourth-order valence-electron chi connectivity index (χ4n) is 4.77. The van der Waals surface area contributed by atoms with Crippen LogP contribution in [0, 0.1) is 0 Å². The number of aliphatic hydroxyl groups is 6. The highest BCUT2D eigenvalue weighted by Gasteiger charge is 2.49. The number of ether oxygens (including phenoxy) is 2. The summed E-state index contributed by atoms with van der Waals surface area (Å²) in [5.41, 5.74) is 0. The van der Waals surface area contributed by atoms with E-state index < -0.39 is 55.6 Å². The lowest BCUT2D eigenvalue weighted by Gasteiger charge is -2.41. The number of carbonyl (C=O) groups is 1. The third-order valence-corrected chi connectivity index (χ3v) is 6.94. The SMILES string of the molecule is CCCCCCCCC(=O)CCCC[C@H]1N[C@H](CO)[C@H](O)[C@@H]1OC1OC(CO)C(O)C(O)C1O. The molecule has 0 aromatic rings. The molecular weight excluding hydrogens is 446 g/mol. The van der Waals surface area contributed by atoms with E-state index in [-0.39, 0.29) is 18.4 Å². The quantitative estimate of drug-likeness (QED) is 0.143. The van der Waals surface area contributed by atoms with Crippen molar-refractivity contribution in [2.45, 2.75) is 133 Å². The predicted octanol–water partition coefficient (Wildman–Crippen LogP) is -0.255. The molecule has 5 unspecified atom stereocenters. The van der Waals surface area contributed by atoms with E-state index in [1.807, 2.05) is 0 Å². The number of unbranched alkanes of at least 4 members (excludes halogenated alkanes) is 6. The summed E-state index contributed by atoms with van der Waals surface area (Å²) in [7, 11) is 0. The molecule has 7 N–H and O–H groups in total. The molecule has 0 aromatic heterocycles. The number of aliphatic hydroxyl groups excluding tert-OH is 6. The third kappa shape index (κ3) is 8.46. The molecule has 0 spiro atoms. The lowest BCUT2D eigenvalue weighted by molar-refractivity contribution is -0.316. The Kier molecular flexibility index (Phi) is 13.4. The van der Waals surface area contributed by atoms with Gasteiger partial charge in [0.2, 0.25) is 0 Å². The number of hydrogen-bond acceptors (Lipinski definition) is 10. The van der Waals surface area contributed by atoms with E-state index in [0.29, 0.717) is 32.1 Å². The number of ketones is 1. The maximum atomic E-state index is 12.1. The summed E-state index contributed by atoms with van der Waals surface area (Å²) in [5.74, 6) is 0.261. The molecule has 2 rings (SSSR count). The zero-order valence-electron chi connectivity index (χ0n) is 20.3. The molecule has 10 heteroatoms. The summed E-state index contributed by atoms with van der Waals surface area (Å²) in [6, 6.07) is -0.998. The van der Waals surface area contributed by atoms with Gasteiger partial charge in [-0.05, 0) is 19.3 Å². The highest BCUT2D eigenvalue weighted by molar-refractivity contribution is 5.78. The summed E-state index contributed by atoms with van der Waals surface area (Å²) in [6.07, 6.45) is 0.935. The van der Waals surface area contributed by atoms with Crippen LogP contribution in [0.5, 0.6) is 0 Å². The lowest BCUT2D eigenvalue weighted by atomic mass is 9.98. The molecule has 2 aliphatic heterocycles. The van der Waals surface area contributed by atoms with Crippen molar-refractivity contribution in [2.24, 2.45) is 0 Å². The number of Topliss-reactive ketones (excluding diaryl/α,β-unsaturated/α-hetero) is 1. The van der Waals surface area contributed by atoms with Crippen LogP contribution in [-0.4, -0.2) is 105 Å². The van der Waals surface area contributed by atoms with E-state index in [1.165, 1.54) is 25.7 Å². The molecule has 0 saturated carbocycles. The van der Waals surface area contributed by atoms with Crippen LogP contribution in [-0.2, 0) is 14.3 Å². The van der Waals surface area contributed by atoms with Crippen LogP contribution in [0.2, 0.25) is 0 Å². The first-order valence-electron chi connectivity index (χ1n) is 12.9. The zero-order chi connectivity index (χ0) is 25.1. The molecule has 200 valence electrons. The Labute approximate surface area is 202 Å². The second-order valence-electron chi connectivity index (χ2n) is 9.65. The van der Waals surface area contributed by atoms with Gasteiger partial charge in [0.15, 0.2) is 6.29 Å². The summed E-state index contributed by atoms with van der Waals surface area (Å²) in [4.78, 5) is 12.1. The maximum Gasteiger partial charge on any atom is 0.187 e. The van der Waals surface area contributed by atoms with Gasteiger partial charge in [0.05, 0.1) is 25.4 Å². The van der Waals surface area contributed by atoms with E-state index in [0.717, 1.165) is 12.8 Å². The van der Waals surface area contributed by atoms with Crippen LogP contribution in [0.3, 0.4) is 0 Å². The second kappa shape index (κ2) is 15.4. The van der Waals surface area contributed by atoms with Crippen LogP contribution < -0.4 is 5.32 Å². The van der Waals surface area contributed by atoms with Crippen LogP contribution >= 0.6 is 0 Å². The average Bonchev–Trinajstić information content (AvgIpc) is 3.13. The molecule has 0 aromatic carbocycles. The van der Waals surface area contributed by atoms with Crippen molar-refractivity contribution in [1.82, 2.24) is 5.32 Å². The van der Waals surface area contributed by atoms with E-state index in [1.54, 1.807) is 0 Å². The largest absolute Gasteiger partial charge is 0.395 e. The molecule has 10 nitrogen and oxygen atoms in total. The lowest BCUT2D eigenvalue weighted by Crippen LogP contribution is -2.60. The molecule has 34 heavy (non-hydrogen) atoms. The van der Waals surface area contributed by atoms with Crippen LogP contribution in [0.1, 0.15) is 77.6 Å². The number of carbonyl (C=O) groups excluding carboxylic acids is 1. The zero-order valence-corrected chi connectivity index (χ0v) is 20.3. The molecule has 2 aliphatic rings. The average molecular weight is 492 g/mol. The molecule has 0 amide bonds. The fraction of sp³-hybridized carbons (Fsp3) is 0.958. The topological polar surface area (TPSA) is 169 Å². The van der Waals surface area contributed by atoms with E-state index in [9.17, 15) is 35.4 Å². The van der Waals surface area contributed by atoms with Crippen molar-refractivity contribution in [1.29, 1.82) is 0 Å². The first-order chi connectivity index (χ1) is 16.3. The monoisotopic (exact) mass is 491 g/mol. The van der Waals surface area contributed by atoms with Crippen molar-refractivity contribution < 1.29 is 44.9 Å². The van der Waals surface area contributed by atoms with Crippen molar-refractivity contribution in [3.8, 4) is 0 Å². The summed E-state index contributed by atoms with van der Waals surface area (Å²) in [5, 5.41) is 62.8. The van der Waals surface area contributed by atoms with Crippen molar-refractivity contribution in [2.75, 3.05) is 13.2 Å². The fourth-order valence-corrected chi connectivity index (χ4v) is 4.77. The van der Waals surface area contributed by atoms with Gasteiger partial charge in [-0.15, -0.1) is 0 Å². The summed E-state index contributed by atoms with van der Waals surface area (Å²) < 4.78 is 11.2. The highest BCUT2D eigenvalue weighted by Crippen LogP contribution is 2.28. The molecule has 0 aliphatic carbocycles. The van der Waals surface area contributed by atoms with Crippen molar-refractivity contribution >= 4 is 5.78 Å². The molecule has 0 bridgehead atoms. The maximum absolute atomic E-state index is 12.1. The molecule has 9 atom stereocenters. The Morgan fingerprint density at radius 1 is 0.794 bits per heavy atom. The Morgan fingerprint density at radius 2 is 1.44 bits per heavy atom. The molecule has 2 fully saturated rings. The van der Waals surface area contributed by atoms with Gasteiger partial charge in [-0.3, -0.25) is 4.79 Å². The molecular formula is C24H45NO9. The predicted molar refractivity (Wildman–Crippen MR) is 124 cm³/mol. The minimum Gasteiger partial charge on any atom is -0.395 e. The van der Waals surface area contributed by atoms with Gasteiger partial charge in [-0.25, -0.2) is 0 Å². The normalized spacial score (nSPS) is 36.1. The van der Waals surface area contributed by atoms with E-state index in [2.05, 4.69) is 12.2 Å². The smallest absolute Gasteiger partial charge is 0.187 e.